The van der Waals surface area contributed by atoms with Crippen LogP contribution in [0.5, 0.6) is 0 Å². The first-order valence-electron chi connectivity index (χ1n) is 14.6. The highest BCUT2D eigenvalue weighted by molar-refractivity contribution is 7.89. The largest absolute Gasteiger partial charge is 0.381 e. The number of piperazine rings is 1. The minimum Gasteiger partial charge on any atom is -0.381 e. The summed E-state index contributed by atoms with van der Waals surface area (Å²) in [7, 11) is -2.07. The number of fused-ring (bicyclic) bond motifs is 1. The molecule has 3 N–H and O–H groups in total. The van der Waals surface area contributed by atoms with Gasteiger partial charge in [-0.3, -0.25) is 9.89 Å². The van der Waals surface area contributed by atoms with Gasteiger partial charge in [0.15, 0.2) is 5.82 Å². The maximum Gasteiger partial charge on any atom is 0.258 e. The Bertz CT molecular complexity index is 1610. The van der Waals surface area contributed by atoms with Crippen LogP contribution in [-0.2, 0) is 26.8 Å². The fraction of sp³-hybridized carbons (Fsp3) is 0.467. The van der Waals surface area contributed by atoms with E-state index in [1.54, 1.807) is 13.8 Å². The van der Waals surface area contributed by atoms with E-state index in [0.29, 0.717) is 30.0 Å². The molecular formula is C30H38FN7O4S. The quantitative estimate of drug-likeness (QED) is 0.371. The van der Waals surface area contributed by atoms with E-state index >= 15 is 0 Å². The highest BCUT2D eigenvalue weighted by atomic mass is 32.2. The van der Waals surface area contributed by atoms with E-state index in [0.717, 1.165) is 56.5 Å². The summed E-state index contributed by atoms with van der Waals surface area (Å²) in [5.41, 5.74) is 2.30. The SMILES string of the molecule is CN1CCN(c2ccc(C(=O)Nc3n[nH]c4c3CN(S(=O)(=O)c3ccccc3F)C4(C)C)c(NC3CCOCC3)c2)CC1. The second kappa shape index (κ2) is 11.5. The van der Waals surface area contributed by atoms with Crippen molar-refractivity contribution < 1.29 is 22.3 Å². The van der Waals surface area contributed by atoms with Gasteiger partial charge in [-0.1, -0.05) is 12.1 Å². The molecule has 0 atom stereocenters. The molecule has 43 heavy (non-hydrogen) atoms. The molecule has 3 aliphatic rings. The lowest BCUT2D eigenvalue weighted by Gasteiger charge is -2.34. The second-order valence-corrected chi connectivity index (χ2v) is 13.8. The van der Waals surface area contributed by atoms with Gasteiger partial charge in [-0.05, 0) is 64.1 Å². The molecule has 0 radical (unpaired) electrons. The first-order chi connectivity index (χ1) is 20.6. The third-order valence-corrected chi connectivity index (χ3v) is 10.8. The smallest absolute Gasteiger partial charge is 0.258 e. The van der Waals surface area contributed by atoms with Crippen LogP contribution >= 0.6 is 0 Å². The molecule has 3 aliphatic heterocycles. The molecule has 4 heterocycles. The molecule has 1 amide bonds. The van der Waals surface area contributed by atoms with Crippen molar-refractivity contribution in [1.82, 2.24) is 19.4 Å². The van der Waals surface area contributed by atoms with E-state index in [4.69, 9.17) is 4.74 Å². The van der Waals surface area contributed by atoms with Crippen molar-refractivity contribution in [2.75, 3.05) is 62.0 Å². The molecule has 230 valence electrons. The predicted octanol–water partition coefficient (Wildman–Crippen LogP) is 3.58. The number of anilines is 3. The highest BCUT2D eigenvalue weighted by Crippen LogP contribution is 2.44. The van der Waals surface area contributed by atoms with Crippen LogP contribution < -0.4 is 15.5 Å². The fourth-order valence-corrected chi connectivity index (χ4v) is 7.89. The second-order valence-electron chi connectivity index (χ2n) is 11.9. The van der Waals surface area contributed by atoms with Gasteiger partial charge in [0, 0.05) is 68.9 Å². The Labute approximate surface area is 251 Å². The number of nitrogens with one attached hydrogen (secondary N) is 3. The third-order valence-electron chi connectivity index (χ3n) is 8.74. The zero-order chi connectivity index (χ0) is 30.4. The van der Waals surface area contributed by atoms with Crippen LogP contribution in [0.3, 0.4) is 0 Å². The van der Waals surface area contributed by atoms with Crippen molar-refractivity contribution in [3.8, 4) is 0 Å². The minimum absolute atomic E-state index is 0.0688. The number of carbonyl (C=O) groups is 1. The lowest BCUT2D eigenvalue weighted by molar-refractivity contribution is 0.0904. The molecule has 6 rings (SSSR count). The van der Waals surface area contributed by atoms with Gasteiger partial charge in [-0.25, -0.2) is 12.8 Å². The highest BCUT2D eigenvalue weighted by Gasteiger charge is 2.48. The summed E-state index contributed by atoms with van der Waals surface area (Å²) in [6, 6.07) is 11.3. The van der Waals surface area contributed by atoms with Gasteiger partial charge < -0.3 is 25.2 Å². The Morgan fingerprint density at radius 1 is 1.09 bits per heavy atom. The van der Waals surface area contributed by atoms with E-state index < -0.39 is 26.3 Å². The number of hydrogen-bond acceptors (Lipinski definition) is 8. The number of aromatic amines is 1. The van der Waals surface area contributed by atoms with Crippen LogP contribution in [0.1, 0.15) is 48.3 Å². The predicted molar refractivity (Wildman–Crippen MR) is 162 cm³/mol. The van der Waals surface area contributed by atoms with E-state index in [1.807, 2.05) is 18.2 Å². The normalized spacial score (nSPS) is 19.8. The molecule has 0 spiro atoms. The molecule has 0 bridgehead atoms. The average Bonchev–Trinajstić information content (AvgIpc) is 3.51. The molecular weight excluding hydrogens is 573 g/mol. The van der Waals surface area contributed by atoms with Gasteiger partial charge >= 0.3 is 0 Å². The first-order valence-corrected chi connectivity index (χ1v) is 16.1. The molecule has 0 saturated carbocycles. The maximum atomic E-state index is 14.6. The molecule has 0 aliphatic carbocycles. The Morgan fingerprint density at radius 2 is 1.81 bits per heavy atom. The van der Waals surface area contributed by atoms with Crippen LogP contribution in [0.4, 0.5) is 21.6 Å². The van der Waals surface area contributed by atoms with Gasteiger partial charge in [0.2, 0.25) is 10.0 Å². The number of aromatic nitrogens is 2. The number of H-pyrrole nitrogens is 1. The molecule has 2 fully saturated rings. The monoisotopic (exact) mass is 611 g/mol. The Kier molecular flexibility index (Phi) is 7.92. The van der Waals surface area contributed by atoms with E-state index in [9.17, 15) is 17.6 Å². The first kappa shape index (κ1) is 29.5. The Balaban J connectivity index is 1.27. The number of rotatable bonds is 7. The molecule has 3 aromatic rings. The van der Waals surface area contributed by atoms with E-state index in [1.165, 1.54) is 22.5 Å². The minimum atomic E-state index is -4.18. The lowest BCUT2D eigenvalue weighted by Crippen LogP contribution is -2.44. The van der Waals surface area contributed by atoms with Crippen molar-refractivity contribution in [3.63, 3.8) is 0 Å². The summed E-state index contributed by atoms with van der Waals surface area (Å²) >= 11 is 0. The summed E-state index contributed by atoms with van der Waals surface area (Å²) in [4.78, 5) is 18.0. The third kappa shape index (κ3) is 5.62. The number of halogens is 1. The summed E-state index contributed by atoms with van der Waals surface area (Å²) in [5, 5.41) is 13.8. The van der Waals surface area contributed by atoms with Gasteiger partial charge in [0.05, 0.1) is 16.8 Å². The average molecular weight is 612 g/mol. The van der Waals surface area contributed by atoms with Gasteiger partial charge in [0.25, 0.3) is 5.91 Å². The topological polar surface area (TPSA) is 123 Å². The lowest BCUT2D eigenvalue weighted by atomic mass is 10.0. The van der Waals surface area contributed by atoms with Crippen LogP contribution in [0.15, 0.2) is 47.4 Å². The number of nitrogens with zero attached hydrogens (tertiary/aromatic N) is 4. The molecule has 11 nitrogen and oxygen atoms in total. The number of hydrogen-bond donors (Lipinski definition) is 3. The van der Waals surface area contributed by atoms with Crippen LogP contribution in [0.25, 0.3) is 0 Å². The molecule has 0 unspecified atom stereocenters. The van der Waals surface area contributed by atoms with Crippen molar-refractivity contribution in [2.45, 2.75) is 49.7 Å². The number of likely N-dealkylation sites (N-methyl/N-ethyl adjacent to an activating group) is 1. The molecule has 2 saturated heterocycles. The van der Waals surface area contributed by atoms with E-state index in [-0.39, 0.29) is 24.3 Å². The van der Waals surface area contributed by atoms with Crippen LogP contribution in [0.2, 0.25) is 0 Å². The summed E-state index contributed by atoms with van der Waals surface area (Å²) < 4.78 is 48.4. The zero-order valence-electron chi connectivity index (χ0n) is 24.7. The van der Waals surface area contributed by atoms with Crippen molar-refractivity contribution in [3.05, 3.63) is 65.1 Å². The van der Waals surface area contributed by atoms with E-state index in [2.05, 4.69) is 37.7 Å². The summed E-state index contributed by atoms with van der Waals surface area (Å²) in [6.45, 7) is 8.46. The van der Waals surface area contributed by atoms with Crippen molar-refractivity contribution in [2.24, 2.45) is 0 Å². The molecule has 2 aromatic carbocycles. The number of ether oxygens (including phenoxy) is 1. The van der Waals surface area contributed by atoms with Gasteiger partial charge in [-0.2, -0.15) is 9.40 Å². The summed E-state index contributed by atoms with van der Waals surface area (Å²) in [5.74, 6) is -0.924. The maximum absolute atomic E-state index is 14.6. The number of amides is 1. The number of benzene rings is 2. The fourth-order valence-electron chi connectivity index (χ4n) is 6.10. The molecule has 13 heteroatoms. The molecule has 1 aromatic heterocycles. The summed E-state index contributed by atoms with van der Waals surface area (Å²) in [6.07, 6.45) is 1.68. The Hall–Kier alpha value is -3.52. The standard InChI is InChI=1S/C30H38FN7O4S/c1-30(2)27-23(19-38(30)43(40,41)26-7-5-4-6-24(26)31)28(35-34-27)33-29(39)22-9-8-21(37-14-12-36(3)13-15-37)18-25(22)32-20-10-16-42-17-11-20/h4-9,18,20,32H,10-17,19H2,1-3H3,(H2,33,34,35,39). The number of sulfonamides is 1. The Morgan fingerprint density at radius 3 is 2.53 bits per heavy atom. The van der Waals surface area contributed by atoms with Crippen LogP contribution in [0, 0.1) is 5.82 Å². The number of carbonyl (C=O) groups excluding carboxylic acids is 1. The zero-order valence-corrected chi connectivity index (χ0v) is 25.5. The van der Waals surface area contributed by atoms with Crippen molar-refractivity contribution in [1.29, 1.82) is 0 Å². The van der Waals surface area contributed by atoms with Gasteiger partial charge in [0.1, 0.15) is 10.7 Å². The van der Waals surface area contributed by atoms with Crippen LogP contribution in [-0.4, -0.2) is 86.2 Å². The van der Waals surface area contributed by atoms with Gasteiger partial charge in [-0.15, -0.1) is 0 Å². The van der Waals surface area contributed by atoms with Crippen molar-refractivity contribution >= 4 is 33.1 Å².